The van der Waals surface area contributed by atoms with Gasteiger partial charge >= 0.3 is 0 Å². The Morgan fingerprint density at radius 2 is 1.84 bits per heavy atom. The highest BCUT2D eigenvalue weighted by molar-refractivity contribution is 7.89. The van der Waals surface area contributed by atoms with Gasteiger partial charge in [-0.05, 0) is 50.6 Å². The lowest BCUT2D eigenvalue weighted by molar-refractivity contribution is -0.126. The maximum absolute atomic E-state index is 12.7. The molecule has 0 aromatic heterocycles. The highest BCUT2D eigenvalue weighted by Crippen LogP contribution is 2.27. The summed E-state index contributed by atoms with van der Waals surface area (Å²) in [5.41, 5.74) is 0.617. The minimum absolute atomic E-state index is 0.0914. The summed E-state index contributed by atoms with van der Waals surface area (Å²) in [6.45, 7) is 9.45. The summed E-state index contributed by atoms with van der Waals surface area (Å²) in [4.78, 5) is 29.4. The third kappa shape index (κ3) is 5.50. The van der Waals surface area contributed by atoms with Gasteiger partial charge in [0.1, 0.15) is 0 Å². The van der Waals surface area contributed by atoms with Gasteiger partial charge < -0.3 is 10.2 Å². The van der Waals surface area contributed by atoms with Crippen LogP contribution in [0, 0.1) is 5.92 Å². The Morgan fingerprint density at radius 3 is 2.47 bits per heavy atom. The Labute approximate surface area is 192 Å². The molecule has 2 fully saturated rings. The second-order valence-corrected chi connectivity index (χ2v) is 10.6. The molecule has 2 unspecified atom stereocenters. The molecule has 0 radical (unpaired) electrons. The Bertz CT molecular complexity index is 899. The van der Waals surface area contributed by atoms with Crippen molar-refractivity contribution in [2.24, 2.45) is 5.92 Å². The normalized spacial score (nSPS) is 22.5. The monoisotopic (exact) mass is 464 g/mol. The van der Waals surface area contributed by atoms with Crippen LogP contribution in [0.15, 0.2) is 29.2 Å². The molecular formula is C23H36N4O4S. The van der Waals surface area contributed by atoms with Gasteiger partial charge in [0.25, 0.3) is 0 Å². The quantitative estimate of drug-likeness (QED) is 0.604. The maximum Gasteiger partial charge on any atom is 0.243 e. The lowest BCUT2D eigenvalue weighted by Gasteiger charge is -2.33. The molecule has 9 heteroatoms. The number of hydrogen-bond donors (Lipinski definition) is 1. The van der Waals surface area contributed by atoms with E-state index in [0.29, 0.717) is 37.9 Å². The van der Waals surface area contributed by atoms with Crippen LogP contribution in [0.1, 0.15) is 46.5 Å². The fourth-order valence-electron chi connectivity index (χ4n) is 4.60. The standard InChI is InChI=1S/C23H36N4O4S/c1-4-26(5-2)32(30,31)21-11-9-20(10-12-21)27-17-19(16-22(27)28)23(29)24-13-15-25-14-7-6-8-18(25)3/h9-12,18-19H,4-8,13-17H2,1-3H3,(H,24,29). The maximum atomic E-state index is 12.7. The number of piperidine rings is 1. The van der Waals surface area contributed by atoms with Gasteiger partial charge in [0.15, 0.2) is 0 Å². The van der Waals surface area contributed by atoms with E-state index in [-0.39, 0.29) is 29.0 Å². The molecule has 1 N–H and O–H groups in total. The number of sulfonamides is 1. The number of likely N-dealkylation sites (tertiary alicyclic amines) is 1. The number of hydrogen-bond acceptors (Lipinski definition) is 5. The number of carbonyl (C=O) groups is 2. The van der Waals surface area contributed by atoms with Crippen molar-refractivity contribution >= 4 is 27.5 Å². The molecule has 0 aliphatic carbocycles. The fourth-order valence-corrected chi connectivity index (χ4v) is 6.06. The molecule has 2 heterocycles. The van der Waals surface area contributed by atoms with E-state index >= 15 is 0 Å². The lowest BCUT2D eigenvalue weighted by atomic mass is 10.0. The number of amides is 2. The average Bonchev–Trinajstić information content (AvgIpc) is 3.17. The van der Waals surface area contributed by atoms with Crippen molar-refractivity contribution in [1.29, 1.82) is 0 Å². The highest BCUT2D eigenvalue weighted by atomic mass is 32.2. The first-order chi connectivity index (χ1) is 15.3. The summed E-state index contributed by atoms with van der Waals surface area (Å²) in [7, 11) is -3.54. The van der Waals surface area contributed by atoms with Crippen LogP contribution in [0.3, 0.4) is 0 Å². The molecule has 1 aromatic carbocycles. The summed E-state index contributed by atoms with van der Waals surface area (Å²) in [6.07, 6.45) is 3.85. The average molecular weight is 465 g/mol. The van der Waals surface area contributed by atoms with Crippen molar-refractivity contribution in [2.75, 3.05) is 44.2 Å². The van der Waals surface area contributed by atoms with E-state index in [1.807, 2.05) is 0 Å². The summed E-state index contributed by atoms with van der Waals surface area (Å²) in [5.74, 6) is -0.597. The SMILES string of the molecule is CCN(CC)S(=O)(=O)c1ccc(N2CC(C(=O)NCCN3CCCCC3C)CC2=O)cc1. The molecule has 2 atom stereocenters. The van der Waals surface area contributed by atoms with Gasteiger partial charge in [0, 0.05) is 50.9 Å². The van der Waals surface area contributed by atoms with Crippen LogP contribution >= 0.6 is 0 Å². The third-order valence-electron chi connectivity index (χ3n) is 6.63. The van der Waals surface area contributed by atoms with Crippen LogP contribution in [-0.4, -0.2) is 74.7 Å². The number of benzene rings is 1. The van der Waals surface area contributed by atoms with Gasteiger partial charge in [-0.1, -0.05) is 20.3 Å². The predicted octanol–water partition coefficient (Wildman–Crippen LogP) is 2.06. The molecule has 0 saturated carbocycles. The topological polar surface area (TPSA) is 90.0 Å². The van der Waals surface area contributed by atoms with Crippen molar-refractivity contribution in [2.45, 2.75) is 57.4 Å². The van der Waals surface area contributed by atoms with Crippen LogP contribution in [-0.2, 0) is 19.6 Å². The lowest BCUT2D eigenvalue weighted by Crippen LogP contribution is -2.43. The molecular weight excluding hydrogens is 428 g/mol. The van der Waals surface area contributed by atoms with Crippen LogP contribution in [0.4, 0.5) is 5.69 Å². The Balaban J connectivity index is 1.56. The molecule has 32 heavy (non-hydrogen) atoms. The van der Waals surface area contributed by atoms with Crippen LogP contribution in [0.25, 0.3) is 0 Å². The Kier molecular flexibility index (Phi) is 8.30. The first kappa shape index (κ1) is 24.7. The number of rotatable bonds is 9. The summed E-state index contributed by atoms with van der Waals surface area (Å²) in [6, 6.07) is 6.91. The number of carbonyl (C=O) groups excluding carboxylic acids is 2. The minimum atomic E-state index is -3.54. The van der Waals surface area contributed by atoms with E-state index in [1.165, 1.54) is 35.7 Å². The number of nitrogens with one attached hydrogen (secondary N) is 1. The van der Waals surface area contributed by atoms with Crippen LogP contribution in [0.2, 0.25) is 0 Å². The van der Waals surface area contributed by atoms with E-state index in [0.717, 1.165) is 13.1 Å². The Hall–Kier alpha value is -1.97. The fraction of sp³-hybridized carbons (Fsp3) is 0.652. The van der Waals surface area contributed by atoms with Gasteiger partial charge in [-0.25, -0.2) is 8.42 Å². The molecule has 0 bridgehead atoms. The van der Waals surface area contributed by atoms with Crippen molar-refractivity contribution < 1.29 is 18.0 Å². The van der Waals surface area contributed by atoms with Gasteiger partial charge in [-0.2, -0.15) is 4.31 Å². The zero-order valence-electron chi connectivity index (χ0n) is 19.4. The minimum Gasteiger partial charge on any atom is -0.355 e. The molecule has 2 aliphatic heterocycles. The molecule has 2 aliphatic rings. The van der Waals surface area contributed by atoms with Crippen molar-refractivity contribution in [3.8, 4) is 0 Å². The first-order valence-corrected chi connectivity index (χ1v) is 13.1. The van der Waals surface area contributed by atoms with E-state index < -0.39 is 10.0 Å². The predicted molar refractivity (Wildman–Crippen MR) is 125 cm³/mol. The van der Waals surface area contributed by atoms with Crippen LogP contribution < -0.4 is 10.2 Å². The molecule has 8 nitrogen and oxygen atoms in total. The Morgan fingerprint density at radius 1 is 1.16 bits per heavy atom. The van der Waals surface area contributed by atoms with E-state index in [1.54, 1.807) is 30.9 Å². The molecule has 2 amide bonds. The van der Waals surface area contributed by atoms with Gasteiger partial charge in [-0.15, -0.1) is 0 Å². The van der Waals surface area contributed by atoms with Crippen molar-refractivity contribution in [3.05, 3.63) is 24.3 Å². The van der Waals surface area contributed by atoms with Crippen molar-refractivity contribution in [3.63, 3.8) is 0 Å². The molecule has 178 valence electrons. The van der Waals surface area contributed by atoms with E-state index in [4.69, 9.17) is 0 Å². The second kappa shape index (κ2) is 10.8. The second-order valence-electron chi connectivity index (χ2n) is 8.66. The molecule has 1 aromatic rings. The summed E-state index contributed by atoms with van der Waals surface area (Å²) in [5, 5.41) is 3.00. The zero-order valence-corrected chi connectivity index (χ0v) is 20.2. The molecule has 2 saturated heterocycles. The van der Waals surface area contributed by atoms with E-state index in [2.05, 4.69) is 17.1 Å². The molecule has 3 rings (SSSR count). The van der Waals surface area contributed by atoms with Crippen molar-refractivity contribution in [1.82, 2.24) is 14.5 Å². The van der Waals surface area contributed by atoms with Gasteiger partial charge in [-0.3, -0.25) is 14.5 Å². The largest absolute Gasteiger partial charge is 0.355 e. The third-order valence-corrected chi connectivity index (χ3v) is 8.69. The summed E-state index contributed by atoms with van der Waals surface area (Å²) < 4.78 is 26.7. The van der Waals surface area contributed by atoms with Gasteiger partial charge in [0.2, 0.25) is 21.8 Å². The van der Waals surface area contributed by atoms with Gasteiger partial charge in [0.05, 0.1) is 10.8 Å². The summed E-state index contributed by atoms with van der Waals surface area (Å²) >= 11 is 0. The smallest absolute Gasteiger partial charge is 0.243 e. The van der Waals surface area contributed by atoms with E-state index in [9.17, 15) is 18.0 Å². The van der Waals surface area contributed by atoms with Crippen LogP contribution in [0.5, 0.6) is 0 Å². The zero-order chi connectivity index (χ0) is 23.3. The highest BCUT2D eigenvalue weighted by Gasteiger charge is 2.35. The number of nitrogens with zero attached hydrogens (tertiary/aromatic N) is 3. The molecule has 0 spiro atoms. The first-order valence-electron chi connectivity index (χ1n) is 11.7. The number of anilines is 1.